The molecule has 7 nitrogen and oxygen atoms in total. The number of anilines is 1. The molecular weight excluding hydrogens is 354 g/mol. The molecule has 2 aromatic heterocycles. The molecule has 0 aliphatic carbocycles. The van der Waals surface area contributed by atoms with E-state index in [2.05, 4.69) is 20.4 Å². The predicted octanol–water partition coefficient (Wildman–Crippen LogP) is 3.09. The van der Waals surface area contributed by atoms with Crippen molar-refractivity contribution in [2.45, 2.75) is 13.5 Å². The van der Waals surface area contributed by atoms with Crippen LogP contribution < -0.4 is 10.2 Å². The first kappa shape index (κ1) is 17.9. The van der Waals surface area contributed by atoms with Gasteiger partial charge >= 0.3 is 0 Å². The van der Waals surface area contributed by atoms with Crippen molar-refractivity contribution in [1.82, 2.24) is 20.4 Å². The molecule has 3 rings (SSSR count). The molecule has 1 amide bonds. The molecule has 1 aromatic carbocycles. The second-order valence-corrected chi connectivity index (χ2v) is 6.26. The van der Waals surface area contributed by atoms with Gasteiger partial charge in [0.2, 0.25) is 0 Å². The number of aryl methyl sites for hydroxylation is 1. The van der Waals surface area contributed by atoms with Crippen LogP contribution in [0, 0.1) is 6.92 Å². The number of carbonyl (C=O) groups is 1. The van der Waals surface area contributed by atoms with E-state index in [4.69, 9.17) is 16.1 Å². The highest BCUT2D eigenvalue weighted by Gasteiger charge is 2.23. The number of hydrogen-bond acceptors (Lipinski definition) is 6. The summed E-state index contributed by atoms with van der Waals surface area (Å²) in [6, 6.07) is 8.97. The normalized spacial score (nSPS) is 10.6. The van der Waals surface area contributed by atoms with Crippen LogP contribution in [0.3, 0.4) is 0 Å². The second-order valence-electron chi connectivity index (χ2n) is 5.85. The summed E-state index contributed by atoms with van der Waals surface area (Å²) in [5, 5.41) is 7.31. The predicted molar refractivity (Wildman–Crippen MR) is 99.2 cm³/mol. The van der Waals surface area contributed by atoms with Crippen LogP contribution in [0.15, 0.2) is 41.1 Å². The number of benzene rings is 1. The van der Waals surface area contributed by atoms with Gasteiger partial charge in [0.05, 0.1) is 11.6 Å². The number of aromatic nitrogens is 3. The maximum absolute atomic E-state index is 12.7. The number of carbonyl (C=O) groups excluding carboxylic acids is 1. The van der Waals surface area contributed by atoms with E-state index in [1.165, 1.54) is 0 Å². The largest absolute Gasteiger partial charge is 0.363 e. The summed E-state index contributed by atoms with van der Waals surface area (Å²) in [4.78, 5) is 23.1. The molecule has 0 radical (unpaired) electrons. The zero-order valence-corrected chi connectivity index (χ0v) is 15.4. The third-order valence-electron chi connectivity index (χ3n) is 3.77. The summed E-state index contributed by atoms with van der Waals surface area (Å²) in [5.41, 5.74) is 1.40. The summed E-state index contributed by atoms with van der Waals surface area (Å²) in [6.45, 7) is 1.87. The summed E-state index contributed by atoms with van der Waals surface area (Å²) in [6.07, 6.45) is 1.66. The van der Waals surface area contributed by atoms with Crippen molar-refractivity contribution in [1.29, 1.82) is 0 Å². The standard InChI is InChI=1S/C18H18ClN5O2/c1-11-16(17(23-26-11)12-6-4-5-7-13(12)19)18(25)21-10-14-20-9-8-15(22-14)24(2)3/h4-9H,10H2,1-3H3,(H,21,25). The Hall–Kier alpha value is -2.93. The highest BCUT2D eigenvalue weighted by atomic mass is 35.5. The molecule has 0 atom stereocenters. The van der Waals surface area contributed by atoms with Crippen molar-refractivity contribution < 1.29 is 9.32 Å². The van der Waals surface area contributed by atoms with Gasteiger partial charge in [-0.1, -0.05) is 35.0 Å². The van der Waals surface area contributed by atoms with Crippen molar-refractivity contribution in [3.8, 4) is 11.3 Å². The van der Waals surface area contributed by atoms with E-state index in [9.17, 15) is 4.79 Å². The number of nitrogens with zero attached hydrogens (tertiary/aromatic N) is 4. The van der Waals surface area contributed by atoms with Crippen molar-refractivity contribution in [2.24, 2.45) is 0 Å². The number of nitrogens with one attached hydrogen (secondary N) is 1. The highest BCUT2D eigenvalue weighted by molar-refractivity contribution is 6.33. The third kappa shape index (κ3) is 3.67. The SMILES string of the molecule is Cc1onc(-c2ccccc2Cl)c1C(=O)NCc1nccc(N(C)C)n1. The minimum absolute atomic E-state index is 0.188. The van der Waals surface area contributed by atoms with Crippen LogP contribution in [-0.4, -0.2) is 35.1 Å². The van der Waals surface area contributed by atoms with Crippen molar-refractivity contribution in [3.05, 3.63) is 58.7 Å². The number of hydrogen-bond donors (Lipinski definition) is 1. The average Bonchev–Trinajstić information content (AvgIpc) is 3.01. The third-order valence-corrected chi connectivity index (χ3v) is 4.10. The van der Waals surface area contributed by atoms with Gasteiger partial charge in [0, 0.05) is 25.9 Å². The Labute approximate surface area is 156 Å². The molecule has 0 saturated carbocycles. The summed E-state index contributed by atoms with van der Waals surface area (Å²) >= 11 is 6.23. The lowest BCUT2D eigenvalue weighted by Crippen LogP contribution is -2.25. The Bertz CT molecular complexity index is 939. The van der Waals surface area contributed by atoms with Crippen LogP contribution >= 0.6 is 11.6 Å². The number of halogens is 1. The lowest BCUT2D eigenvalue weighted by atomic mass is 10.1. The molecule has 8 heteroatoms. The zero-order valence-electron chi connectivity index (χ0n) is 14.7. The first-order chi connectivity index (χ1) is 12.5. The molecule has 0 bridgehead atoms. The first-order valence-corrected chi connectivity index (χ1v) is 8.33. The minimum Gasteiger partial charge on any atom is -0.363 e. The van der Waals surface area contributed by atoms with Gasteiger partial charge in [-0.05, 0) is 19.1 Å². The summed E-state index contributed by atoms with van der Waals surface area (Å²) in [7, 11) is 3.78. The fourth-order valence-electron chi connectivity index (χ4n) is 2.45. The zero-order chi connectivity index (χ0) is 18.7. The van der Waals surface area contributed by atoms with Gasteiger partial charge in [-0.3, -0.25) is 4.79 Å². The fraction of sp³-hybridized carbons (Fsp3) is 0.222. The Morgan fingerprint density at radius 1 is 1.27 bits per heavy atom. The average molecular weight is 372 g/mol. The Morgan fingerprint density at radius 3 is 2.77 bits per heavy atom. The van der Waals surface area contributed by atoms with Gasteiger partial charge in [0.25, 0.3) is 5.91 Å². The molecule has 134 valence electrons. The van der Waals surface area contributed by atoms with E-state index in [-0.39, 0.29) is 12.5 Å². The molecule has 1 N–H and O–H groups in total. The van der Waals surface area contributed by atoms with Gasteiger partial charge in [0.15, 0.2) is 0 Å². The molecule has 0 fully saturated rings. The van der Waals surface area contributed by atoms with E-state index in [0.29, 0.717) is 33.4 Å². The monoisotopic (exact) mass is 371 g/mol. The van der Waals surface area contributed by atoms with E-state index >= 15 is 0 Å². The van der Waals surface area contributed by atoms with Crippen molar-refractivity contribution in [2.75, 3.05) is 19.0 Å². The van der Waals surface area contributed by atoms with Gasteiger partial charge in [-0.25, -0.2) is 9.97 Å². The lowest BCUT2D eigenvalue weighted by Gasteiger charge is -2.12. The maximum atomic E-state index is 12.7. The van der Waals surface area contributed by atoms with Crippen molar-refractivity contribution in [3.63, 3.8) is 0 Å². The Balaban J connectivity index is 1.82. The summed E-state index contributed by atoms with van der Waals surface area (Å²) < 4.78 is 5.22. The van der Waals surface area contributed by atoms with Gasteiger partial charge in [0.1, 0.15) is 28.7 Å². The van der Waals surface area contributed by atoms with Gasteiger partial charge in [-0.2, -0.15) is 0 Å². The van der Waals surface area contributed by atoms with Crippen LogP contribution in [0.4, 0.5) is 5.82 Å². The lowest BCUT2D eigenvalue weighted by molar-refractivity contribution is 0.0949. The minimum atomic E-state index is -0.322. The second kappa shape index (κ2) is 7.53. The molecule has 0 unspecified atom stereocenters. The van der Waals surface area contributed by atoms with Crippen molar-refractivity contribution >= 4 is 23.3 Å². The number of rotatable bonds is 5. The quantitative estimate of drug-likeness (QED) is 0.741. The van der Waals surface area contributed by atoms with E-state index in [1.807, 2.05) is 31.1 Å². The molecule has 0 spiro atoms. The Morgan fingerprint density at radius 2 is 2.04 bits per heavy atom. The van der Waals surface area contributed by atoms with Crippen LogP contribution in [0.25, 0.3) is 11.3 Å². The highest BCUT2D eigenvalue weighted by Crippen LogP contribution is 2.30. The van der Waals surface area contributed by atoms with E-state index in [1.54, 1.807) is 31.3 Å². The summed E-state index contributed by atoms with van der Waals surface area (Å²) in [5.74, 6) is 1.37. The molecule has 3 aromatic rings. The molecule has 0 saturated heterocycles. The smallest absolute Gasteiger partial charge is 0.257 e. The number of amides is 1. The van der Waals surface area contributed by atoms with Crippen LogP contribution in [0.5, 0.6) is 0 Å². The molecule has 2 heterocycles. The van der Waals surface area contributed by atoms with E-state index in [0.717, 1.165) is 5.82 Å². The topological polar surface area (TPSA) is 84.2 Å². The molecule has 0 aliphatic heterocycles. The van der Waals surface area contributed by atoms with Crippen LogP contribution in [0.2, 0.25) is 5.02 Å². The maximum Gasteiger partial charge on any atom is 0.257 e. The molecule has 0 aliphatic rings. The first-order valence-electron chi connectivity index (χ1n) is 7.96. The van der Waals surface area contributed by atoms with Crippen LogP contribution in [0.1, 0.15) is 21.9 Å². The van der Waals surface area contributed by atoms with Gasteiger partial charge in [-0.15, -0.1) is 0 Å². The van der Waals surface area contributed by atoms with Gasteiger partial charge < -0.3 is 14.7 Å². The molecular formula is C18H18ClN5O2. The molecule has 26 heavy (non-hydrogen) atoms. The fourth-order valence-corrected chi connectivity index (χ4v) is 2.67. The Kier molecular flexibility index (Phi) is 5.18. The van der Waals surface area contributed by atoms with Crippen LogP contribution in [-0.2, 0) is 6.54 Å². The van der Waals surface area contributed by atoms with E-state index < -0.39 is 0 Å².